The molecule has 1 amide bonds. The van der Waals surface area contributed by atoms with Crippen molar-refractivity contribution >= 4 is 23.0 Å². The molecule has 2 aliphatic heterocycles. The van der Waals surface area contributed by atoms with Gasteiger partial charge in [-0.05, 0) is 43.7 Å². The first kappa shape index (κ1) is 11.4. The first-order chi connectivity index (χ1) is 9.55. The van der Waals surface area contributed by atoms with Crippen molar-refractivity contribution < 1.29 is 4.79 Å². The molecule has 0 aromatic heterocycles. The summed E-state index contributed by atoms with van der Waals surface area (Å²) >= 11 is 0. The number of hydrogen-bond acceptors (Lipinski definition) is 3. The molecule has 1 aliphatic carbocycles. The summed E-state index contributed by atoms with van der Waals surface area (Å²) in [6, 6.07) is 4.08. The number of amides is 1. The smallest absolute Gasteiger partial charge is 0.234 e. The van der Waals surface area contributed by atoms with Gasteiger partial charge in [0.25, 0.3) is 0 Å². The monoisotopic (exact) mass is 265 g/mol. The van der Waals surface area contributed by atoms with Crippen LogP contribution in [0.4, 0.5) is 17.1 Å². The van der Waals surface area contributed by atoms with Gasteiger partial charge in [0.15, 0.2) is 0 Å². The van der Waals surface area contributed by atoms with Gasteiger partial charge in [-0.3, -0.25) is 4.79 Å². The molecular weight excluding hydrogens is 250 g/mol. The van der Waals surface area contributed by atoms with Crippen LogP contribution in [0.5, 0.6) is 0 Å². The van der Waals surface area contributed by atoms with E-state index in [0.29, 0.717) is 0 Å². The van der Waals surface area contributed by atoms with Crippen molar-refractivity contribution in [3.05, 3.63) is 47.2 Å². The zero-order valence-electron chi connectivity index (χ0n) is 11.4. The number of rotatable bonds is 1. The molecule has 0 spiro atoms. The Hall–Kier alpha value is -2.45. The number of hydrogen-bond donors (Lipinski definition) is 3. The lowest BCUT2D eigenvalue weighted by Crippen LogP contribution is -2.27. The lowest BCUT2D eigenvalue weighted by Gasteiger charge is -2.15. The van der Waals surface area contributed by atoms with Gasteiger partial charge >= 0.3 is 0 Å². The van der Waals surface area contributed by atoms with Crippen molar-refractivity contribution in [1.29, 1.82) is 0 Å². The topological polar surface area (TPSA) is 53.2 Å². The maximum atomic E-state index is 12.0. The Bertz CT molecular complexity index is 736. The quantitative estimate of drug-likeness (QED) is 0.684. The van der Waals surface area contributed by atoms with Crippen LogP contribution in [-0.2, 0) is 10.2 Å². The number of anilines is 3. The second-order valence-corrected chi connectivity index (χ2v) is 5.87. The Labute approximate surface area is 117 Å². The standard InChI is InChI=1S/C16H15N3O/c1-16(2)10-7-12-13(8-11(10)19-15(16)20)18-14(17-12)9-5-3-4-6-9/h3-5,7-8,14,17-18H,1-2H3,(H,19,20). The van der Waals surface area contributed by atoms with E-state index >= 15 is 0 Å². The molecule has 0 fully saturated rings. The van der Waals surface area contributed by atoms with E-state index in [0.717, 1.165) is 28.2 Å². The molecule has 4 rings (SSSR count). The molecule has 1 aromatic rings. The van der Waals surface area contributed by atoms with Crippen LogP contribution in [0.2, 0.25) is 0 Å². The van der Waals surface area contributed by atoms with Crippen LogP contribution >= 0.6 is 0 Å². The maximum absolute atomic E-state index is 12.0. The summed E-state index contributed by atoms with van der Waals surface area (Å²) < 4.78 is 0. The van der Waals surface area contributed by atoms with Crippen molar-refractivity contribution in [2.24, 2.45) is 0 Å². The Balaban J connectivity index is 1.74. The van der Waals surface area contributed by atoms with E-state index in [4.69, 9.17) is 0 Å². The summed E-state index contributed by atoms with van der Waals surface area (Å²) in [4.78, 5) is 12.0. The van der Waals surface area contributed by atoms with Crippen LogP contribution in [0.25, 0.3) is 0 Å². The van der Waals surface area contributed by atoms with Gasteiger partial charge in [-0.1, -0.05) is 6.08 Å². The van der Waals surface area contributed by atoms with Crippen molar-refractivity contribution in [1.82, 2.24) is 0 Å². The fraction of sp³-hybridized carbons (Fsp3) is 0.250. The second kappa shape index (κ2) is 3.56. The average molecular weight is 265 g/mol. The molecule has 0 saturated carbocycles. The highest BCUT2D eigenvalue weighted by molar-refractivity contribution is 6.07. The summed E-state index contributed by atoms with van der Waals surface area (Å²) in [5.41, 5.74) is 7.81. The minimum absolute atomic E-state index is 0.0429. The van der Waals surface area contributed by atoms with Crippen molar-refractivity contribution in [3.63, 3.8) is 0 Å². The van der Waals surface area contributed by atoms with E-state index in [2.05, 4.69) is 27.7 Å². The molecule has 100 valence electrons. The Morgan fingerprint density at radius 2 is 1.90 bits per heavy atom. The molecule has 1 atom stereocenters. The molecule has 0 radical (unpaired) electrons. The van der Waals surface area contributed by atoms with Gasteiger partial charge in [-0.25, -0.2) is 0 Å². The fourth-order valence-electron chi connectivity index (χ4n) is 2.89. The molecule has 2 heterocycles. The van der Waals surface area contributed by atoms with Crippen LogP contribution in [0.1, 0.15) is 19.4 Å². The fourth-order valence-corrected chi connectivity index (χ4v) is 2.89. The number of carbonyl (C=O) groups is 1. The summed E-state index contributed by atoms with van der Waals surface area (Å²) in [6.07, 6.45) is 5.97. The maximum Gasteiger partial charge on any atom is 0.234 e. The molecule has 3 N–H and O–H groups in total. The summed E-state index contributed by atoms with van der Waals surface area (Å²) in [5.74, 6) is 0.0529. The first-order valence-corrected chi connectivity index (χ1v) is 6.72. The van der Waals surface area contributed by atoms with E-state index in [9.17, 15) is 4.79 Å². The van der Waals surface area contributed by atoms with Crippen molar-refractivity contribution in [2.45, 2.75) is 25.4 Å². The first-order valence-electron chi connectivity index (χ1n) is 6.72. The zero-order valence-corrected chi connectivity index (χ0v) is 11.4. The highest BCUT2D eigenvalue weighted by atomic mass is 16.2. The third-order valence-electron chi connectivity index (χ3n) is 4.18. The van der Waals surface area contributed by atoms with Crippen LogP contribution in [-0.4, -0.2) is 12.1 Å². The van der Waals surface area contributed by atoms with Gasteiger partial charge < -0.3 is 16.0 Å². The summed E-state index contributed by atoms with van der Waals surface area (Å²) in [7, 11) is 0. The van der Waals surface area contributed by atoms with Gasteiger partial charge in [0, 0.05) is 11.3 Å². The van der Waals surface area contributed by atoms with E-state index in [1.165, 1.54) is 0 Å². The van der Waals surface area contributed by atoms with Gasteiger partial charge in [-0.15, -0.1) is 5.73 Å². The van der Waals surface area contributed by atoms with Crippen molar-refractivity contribution in [2.75, 3.05) is 16.0 Å². The summed E-state index contributed by atoms with van der Waals surface area (Å²) in [6.45, 7) is 3.90. The molecule has 0 saturated heterocycles. The Morgan fingerprint density at radius 1 is 1.15 bits per heavy atom. The van der Waals surface area contributed by atoms with Gasteiger partial charge in [0.05, 0.1) is 16.8 Å². The SMILES string of the molecule is CC1(C)C(=O)Nc2cc3c(cc21)NC(C1=C=CC=C1)N3. The number of allylic oxidation sites excluding steroid dienone is 1. The molecular formula is C16H15N3O. The predicted molar refractivity (Wildman–Crippen MR) is 79.9 cm³/mol. The van der Waals surface area contributed by atoms with Crippen LogP contribution in [0, 0.1) is 0 Å². The van der Waals surface area contributed by atoms with Crippen LogP contribution in [0.3, 0.4) is 0 Å². The van der Waals surface area contributed by atoms with E-state index in [-0.39, 0.29) is 12.1 Å². The van der Waals surface area contributed by atoms with Crippen LogP contribution in [0.15, 0.2) is 41.7 Å². The molecule has 4 nitrogen and oxygen atoms in total. The van der Waals surface area contributed by atoms with E-state index in [1.807, 2.05) is 38.1 Å². The zero-order chi connectivity index (χ0) is 13.9. The van der Waals surface area contributed by atoms with E-state index < -0.39 is 5.41 Å². The molecule has 1 unspecified atom stereocenters. The molecule has 4 heteroatoms. The minimum atomic E-state index is -0.476. The average Bonchev–Trinajstić information content (AvgIpc) is 3.08. The number of fused-ring (bicyclic) bond motifs is 2. The lowest BCUT2D eigenvalue weighted by atomic mass is 9.86. The molecule has 3 aliphatic rings. The van der Waals surface area contributed by atoms with Gasteiger partial charge in [0.1, 0.15) is 6.17 Å². The Kier molecular flexibility index (Phi) is 2.02. The van der Waals surface area contributed by atoms with Crippen molar-refractivity contribution in [3.8, 4) is 0 Å². The second-order valence-electron chi connectivity index (χ2n) is 5.87. The predicted octanol–water partition coefficient (Wildman–Crippen LogP) is 2.73. The van der Waals surface area contributed by atoms with Gasteiger partial charge in [-0.2, -0.15) is 0 Å². The normalized spacial score (nSPS) is 23.8. The molecule has 0 bridgehead atoms. The molecule has 1 aromatic carbocycles. The van der Waals surface area contributed by atoms with Crippen LogP contribution < -0.4 is 16.0 Å². The largest absolute Gasteiger partial charge is 0.359 e. The number of nitrogens with one attached hydrogen (secondary N) is 3. The number of carbonyl (C=O) groups excluding carboxylic acids is 1. The third kappa shape index (κ3) is 1.40. The Morgan fingerprint density at radius 3 is 2.60 bits per heavy atom. The highest BCUT2D eigenvalue weighted by Crippen LogP contribution is 2.44. The van der Waals surface area contributed by atoms with E-state index in [1.54, 1.807) is 0 Å². The minimum Gasteiger partial charge on any atom is -0.359 e. The molecule has 20 heavy (non-hydrogen) atoms. The number of benzene rings is 1. The highest BCUT2D eigenvalue weighted by Gasteiger charge is 2.40. The summed E-state index contributed by atoms with van der Waals surface area (Å²) in [5, 5.41) is 9.81. The third-order valence-corrected chi connectivity index (χ3v) is 4.18. The lowest BCUT2D eigenvalue weighted by molar-refractivity contribution is -0.119. The van der Waals surface area contributed by atoms with Gasteiger partial charge in [0.2, 0.25) is 5.91 Å².